The molecule has 68 heavy (non-hydrogen) atoms. The van der Waals surface area contributed by atoms with Crippen LogP contribution in [0.1, 0.15) is 78.0 Å². The van der Waals surface area contributed by atoms with Gasteiger partial charge in [0.05, 0.1) is 17.3 Å². The molecule has 4 aromatic heterocycles. The summed E-state index contributed by atoms with van der Waals surface area (Å²) in [4.78, 5) is 2.66. The van der Waals surface area contributed by atoms with Crippen molar-refractivity contribution in [2.75, 3.05) is 4.81 Å². The number of thiophene rings is 1. The second-order valence-electron chi connectivity index (χ2n) is 22.3. The predicted molar refractivity (Wildman–Crippen MR) is 289 cm³/mol. The first-order valence-electron chi connectivity index (χ1n) is 24.3. The van der Waals surface area contributed by atoms with Gasteiger partial charge in [-0.15, -0.1) is 11.3 Å². The van der Waals surface area contributed by atoms with Crippen molar-refractivity contribution in [3.8, 4) is 27.9 Å². The lowest BCUT2D eigenvalue weighted by Gasteiger charge is -2.42. The molecule has 8 aromatic carbocycles. The molecule has 0 unspecified atom stereocenters. The van der Waals surface area contributed by atoms with E-state index in [2.05, 4.69) is 197 Å². The number of para-hydroxylation sites is 1. The smallest absolute Gasteiger partial charge is 0.333 e. The molecule has 328 valence electrons. The summed E-state index contributed by atoms with van der Waals surface area (Å²) < 4.78 is 19.3. The minimum atomic E-state index is -0.214. The molecule has 3 aliphatic rings. The van der Waals surface area contributed by atoms with E-state index >= 15 is 0 Å². The summed E-state index contributed by atoms with van der Waals surface area (Å²) >= 11 is 1.88. The molecule has 4 nitrogen and oxygen atoms in total. The fraction of sp³-hybridized carbons (Fsp3) is 0.194. The van der Waals surface area contributed by atoms with Gasteiger partial charge in [-0.25, -0.2) is 0 Å². The third-order valence-electron chi connectivity index (χ3n) is 16.4. The monoisotopic (exact) mass is 896 g/mol. The van der Waals surface area contributed by atoms with Crippen molar-refractivity contribution in [1.82, 2.24) is 4.57 Å². The largest absolute Gasteiger partial charge is 0.464 e. The Bertz CT molecular complexity index is 4190. The van der Waals surface area contributed by atoms with Crippen molar-refractivity contribution >= 4 is 115 Å². The number of aromatic nitrogens is 1. The number of hydrogen-bond acceptors (Lipinski definition) is 4. The Labute approximate surface area is 399 Å². The summed E-state index contributed by atoms with van der Waals surface area (Å²) in [6, 6.07) is 52.8. The molecular formula is C62H49BN2O2S. The van der Waals surface area contributed by atoms with Crippen LogP contribution in [0.4, 0.5) is 11.4 Å². The molecule has 6 heteroatoms. The molecule has 12 aromatic rings. The zero-order valence-electron chi connectivity index (χ0n) is 39.5. The number of rotatable bonds is 2. The summed E-state index contributed by atoms with van der Waals surface area (Å²) in [5, 5.41) is 8.61. The minimum Gasteiger partial charge on any atom is -0.464 e. The van der Waals surface area contributed by atoms with Gasteiger partial charge in [0, 0.05) is 80.9 Å². The van der Waals surface area contributed by atoms with E-state index in [1.807, 2.05) is 17.6 Å². The standard InChI is InChI=1S/C62H49BN2O2S/c1-60(2,3)35-21-23-36(24-22-35)65-48-32-53-40(37-17-12-14-20-52(37)68-53)27-41(48)56-57-58-54(55-38-18-11-13-19-50(38)67-59(55)56)42-28-44-45(62(6,7)26-25-61(44,4)5)30-47(42)64(58)49-29-39-43(34-15-9-8-10-16-34)33-66-51(39)31-46(49)63(57)65/h8-24,27-33H,25-26H2,1-7H3. The van der Waals surface area contributed by atoms with Gasteiger partial charge in [0.15, 0.2) is 0 Å². The first-order chi connectivity index (χ1) is 32.8. The fourth-order valence-corrected chi connectivity index (χ4v) is 13.9. The van der Waals surface area contributed by atoms with Crippen molar-refractivity contribution in [1.29, 1.82) is 0 Å². The quantitative estimate of drug-likeness (QED) is 0.162. The molecule has 0 N–H and O–H groups in total. The van der Waals surface area contributed by atoms with Crippen LogP contribution in [-0.4, -0.2) is 11.4 Å². The molecule has 0 saturated carbocycles. The van der Waals surface area contributed by atoms with Crippen LogP contribution < -0.4 is 15.7 Å². The van der Waals surface area contributed by atoms with Crippen LogP contribution >= 0.6 is 11.3 Å². The summed E-state index contributed by atoms with van der Waals surface area (Å²) in [5.74, 6) is 0. The highest BCUT2D eigenvalue weighted by atomic mass is 32.1. The third kappa shape index (κ3) is 5.01. The van der Waals surface area contributed by atoms with E-state index < -0.39 is 0 Å². The third-order valence-corrected chi connectivity index (χ3v) is 17.6. The van der Waals surface area contributed by atoms with E-state index in [9.17, 15) is 0 Å². The Morgan fingerprint density at radius 1 is 0.603 bits per heavy atom. The van der Waals surface area contributed by atoms with Crippen LogP contribution in [0.3, 0.4) is 0 Å². The van der Waals surface area contributed by atoms with Crippen molar-refractivity contribution in [3.05, 3.63) is 162 Å². The van der Waals surface area contributed by atoms with Crippen molar-refractivity contribution in [3.63, 3.8) is 0 Å². The van der Waals surface area contributed by atoms with Gasteiger partial charge in [-0.2, -0.15) is 0 Å². The first kappa shape index (κ1) is 39.0. The van der Waals surface area contributed by atoms with Crippen LogP contribution in [0.5, 0.6) is 0 Å². The highest BCUT2D eigenvalue weighted by molar-refractivity contribution is 7.25. The van der Waals surface area contributed by atoms with E-state index in [0.717, 1.165) is 57.2 Å². The molecule has 2 aliphatic heterocycles. The number of furan rings is 2. The van der Waals surface area contributed by atoms with Gasteiger partial charge in [0.25, 0.3) is 0 Å². The fourth-order valence-electron chi connectivity index (χ4n) is 12.8. The molecule has 0 bridgehead atoms. The van der Waals surface area contributed by atoms with Gasteiger partial charge in [-0.05, 0) is 123 Å². The Kier molecular flexibility index (Phi) is 7.43. The lowest BCUT2D eigenvalue weighted by atomic mass is 9.43. The second-order valence-corrected chi connectivity index (χ2v) is 23.4. The lowest BCUT2D eigenvalue weighted by Crippen LogP contribution is -2.60. The van der Waals surface area contributed by atoms with Gasteiger partial charge in [0.1, 0.15) is 16.7 Å². The van der Waals surface area contributed by atoms with Crippen molar-refractivity contribution in [2.24, 2.45) is 0 Å². The Balaban J connectivity index is 1.19. The average molecular weight is 897 g/mol. The van der Waals surface area contributed by atoms with Crippen molar-refractivity contribution in [2.45, 2.75) is 77.6 Å². The van der Waals surface area contributed by atoms with E-state index in [1.165, 1.54) is 97.5 Å². The summed E-state index contributed by atoms with van der Waals surface area (Å²) in [6.07, 6.45) is 4.25. The maximum atomic E-state index is 7.38. The SMILES string of the molecule is CC(C)(C)c1ccc(N2B3c4cc5occ(-c6ccccc6)c5cc4-n4c5cc6c(cc5c5c7c(oc8ccccc87)c(c3c54)-c3cc4c(cc32)sc2ccccc24)C(C)(C)CCC6(C)C)cc1. The number of fused-ring (bicyclic) bond motifs is 18. The highest BCUT2D eigenvalue weighted by Gasteiger charge is 2.47. The van der Waals surface area contributed by atoms with Crippen molar-refractivity contribution < 1.29 is 8.83 Å². The zero-order valence-corrected chi connectivity index (χ0v) is 40.3. The molecule has 0 radical (unpaired) electrons. The van der Waals surface area contributed by atoms with E-state index in [1.54, 1.807) is 0 Å². The Hall–Kier alpha value is -7.02. The number of hydrogen-bond donors (Lipinski definition) is 0. The summed E-state index contributed by atoms with van der Waals surface area (Å²) in [5.41, 5.74) is 20.3. The van der Waals surface area contributed by atoms with Crippen LogP contribution in [-0.2, 0) is 16.2 Å². The molecule has 0 saturated heterocycles. The predicted octanol–water partition coefficient (Wildman–Crippen LogP) is 16.3. The van der Waals surface area contributed by atoms with Gasteiger partial charge in [0.2, 0.25) is 0 Å². The van der Waals surface area contributed by atoms with Gasteiger partial charge >= 0.3 is 6.85 Å². The maximum absolute atomic E-state index is 7.38. The molecular weight excluding hydrogens is 848 g/mol. The van der Waals surface area contributed by atoms with E-state index in [-0.39, 0.29) is 23.1 Å². The van der Waals surface area contributed by atoms with Crippen LogP contribution in [0, 0.1) is 0 Å². The number of anilines is 2. The van der Waals surface area contributed by atoms with E-state index in [4.69, 9.17) is 8.83 Å². The average Bonchev–Trinajstić information content (AvgIpc) is 4.11. The van der Waals surface area contributed by atoms with Crippen LogP contribution in [0.25, 0.3) is 103 Å². The molecule has 0 atom stereocenters. The van der Waals surface area contributed by atoms with E-state index in [0.29, 0.717) is 0 Å². The minimum absolute atomic E-state index is 0.00919. The summed E-state index contributed by atoms with van der Waals surface area (Å²) in [6.45, 7) is 16.5. The summed E-state index contributed by atoms with van der Waals surface area (Å²) in [7, 11) is 0. The topological polar surface area (TPSA) is 34.5 Å². The maximum Gasteiger partial charge on any atom is 0.333 e. The van der Waals surface area contributed by atoms with Gasteiger partial charge in [-0.1, -0.05) is 127 Å². The van der Waals surface area contributed by atoms with Crippen LogP contribution in [0.15, 0.2) is 155 Å². The first-order valence-corrected chi connectivity index (χ1v) is 25.1. The molecule has 6 heterocycles. The molecule has 0 spiro atoms. The molecule has 0 amide bonds. The second kappa shape index (κ2) is 12.9. The lowest BCUT2D eigenvalue weighted by molar-refractivity contribution is 0.332. The Morgan fingerprint density at radius 2 is 1.32 bits per heavy atom. The zero-order chi connectivity index (χ0) is 45.7. The molecule has 1 aliphatic carbocycles. The van der Waals surface area contributed by atoms with Gasteiger partial charge < -0.3 is 18.2 Å². The number of benzene rings is 8. The Morgan fingerprint density at radius 3 is 2.10 bits per heavy atom. The number of nitrogens with zero attached hydrogens (tertiary/aromatic N) is 2. The molecule has 15 rings (SSSR count). The highest BCUT2D eigenvalue weighted by Crippen LogP contribution is 2.55. The van der Waals surface area contributed by atoms with Crippen LogP contribution in [0.2, 0.25) is 0 Å². The normalized spacial score (nSPS) is 15.9. The van der Waals surface area contributed by atoms with Gasteiger partial charge in [-0.3, -0.25) is 0 Å². The molecule has 0 fully saturated rings.